The normalized spacial score (nSPS) is 11.0. The number of thiophene rings is 1. The van der Waals surface area contributed by atoms with Crippen LogP contribution in [0.2, 0.25) is 0 Å². The lowest BCUT2D eigenvalue weighted by atomic mass is 10.3. The molecule has 3 aromatic rings. The van der Waals surface area contributed by atoms with Crippen LogP contribution in [0.1, 0.15) is 15.3 Å². The second-order valence-electron chi connectivity index (χ2n) is 4.31. The molecule has 0 saturated heterocycles. The molecule has 0 amide bonds. The molecule has 5 heteroatoms. The molecule has 18 heavy (non-hydrogen) atoms. The Labute approximate surface area is 109 Å². The SMILES string of the molecule is Cc1ccc2nc(NCc3ccc(C)s3)nn2c1. The molecule has 0 aromatic carbocycles. The minimum absolute atomic E-state index is 0.673. The Hall–Kier alpha value is -1.88. The fourth-order valence-electron chi connectivity index (χ4n) is 1.81. The van der Waals surface area contributed by atoms with Crippen LogP contribution in [0.4, 0.5) is 5.95 Å². The van der Waals surface area contributed by atoms with Gasteiger partial charge in [-0.15, -0.1) is 16.4 Å². The van der Waals surface area contributed by atoms with E-state index >= 15 is 0 Å². The summed E-state index contributed by atoms with van der Waals surface area (Å²) in [6.45, 7) is 4.93. The predicted molar refractivity (Wildman–Crippen MR) is 74.1 cm³/mol. The van der Waals surface area contributed by atoms with E-state index < -0.39 is 0 Å². The van der Waals surface area contributed by atoms with Gasteiger partial charge in [0.2, 0.25) is 5.95 Å². The molecule has 3 aromatic heterocycles. The third kappa shape index (κ3) is 2.22. The summed E-state index contributed by atoms with van der Waals surface area (Å²) in [6.07, 6.45) is 1.98. The fraction of sp³-hybridized carbons (Fsp3) is 0.231. The molecule has 0 unspecified atom stereocenters. The number of hydrogen-bond acceptors (Lipinski definition) is 4. The number of fused-ring (bicyclic) bond motifs is 1. The number of aryl methyl sites for hydroxylation is 2. The van der Waals surface area contributed by atoms with Gasteiger partial charge < -0.3 is 5.32 Å². The minimum atomic E-state index is 0.673. The van der Waals surface area contributed by atoms with E-state index in [0.717, 1.165) is 12.2 Å². The van der Waals surface area contributed by atoms with Crippen LogP contribution in [0.5, 0.6) is 0 Å². The third-order valence-electron chi connectivity index (χ3n) is 2.70. The number of aromatic nitrogens is 3. The molecule has 1 N–H and O–H groups in total. The van der Waals surface area contributed by atoms with E-state index in [2.05, 4.69) is 34.5 Å². The van der Waals surface area contributed by atoms with Crippen molar-refractivity contribution in [2.24, 2.45) is 0 Å². The lowest BCUT2D eigenvalue weighted by molar-refractivity contribution is 0.944. The van der Waals surface area contributed by atoms with Crippen molar-refractivity contribution in [3.8, 4) is 0 Å². The first-order valence-corrected chi connectivity index (χ1v) is 6.64. The molecule has 0 saturated carbocycles. The number of pyridine rings is 1. The molecular weight excluding hydrogens is 244 g/mol. The molecule has 0 aliphatic carbocycles. The molecular formula is C13H14N4S. The van der Waals surface area contributed by atoms with Crippen molar-refractivity contribution in [2.75, 3.05) is 5.32 Å². The number of hydrogen-bond donors (Lipinski definition) is 1. The Morgan fingerprint density at radius 3 is 2.89 bits per heavy atom. The van der Waals surface area contributed by atoms with E-state index in [1.54, 1.807) is 15.9 Å². The highest BCUT2D eigenvalue weighted by molar-refractivity contribution is 7.11. The number of nitrogens with zero attached hydrogens (tertiary/aromatic N) is 3. The van der Waals surface area contributed by atoms with E-state index in [-0.39, 0.29) is 0 Å². The third-order valence-corrected chi connectivity index (χ3v) is 3.70. The van der Waals surface area contributed by atoms with E-state index in [0.29, 0.717) is 5.95 Å². The Kier molecular flexibility index (Phi) is 2.76. The zero-order valence-corrected chi connectivity index (χ0v) is 11.2. The molecule has 3 rings (SSSR count). The van der Waals surface area contributed by atoms with Crippen LogP contribution in [0.3, 0.4) is 0 Å². The quantitative estimate of drug-likeness (QED) is 0.785. The average Bonchev–Trinajstić information content (AvgIpc) is 2.92. The van der Waals surface area contributed by atoms with Gasteiger partial charge in [0, 0.05) is 16.0 Å². The smallest absolute Gasteiger partial charge is 0.243 e. The Morgan fingerprint density at radius 1 is 1.22 bits per heavy atom. The maximum Gasteiger partial charge on any atom is 0.243 e. The molecule has 0 aliphatic rings. The van der Waals surface area contributed by atoms with E-state index in [9.17, 15) is 0 Å². The molecule has 0 radical (unpaired) electrons. The zero-order valence-electron chi connectivity index (χ0n) is 10.3. The molecule has 0 fully saturated rings. The van der Waals surface area contributed by atoms with Crippen molar-refractivity contribution in [1.29, 1.82) is 0 Å². The summed E-state index contributed by atoms with van der Waals surface area (Å²) in [5.41, 5.74) is 2.04. The van der Waals surface area contributed by atoms with Crippen LogP contribution in [-0.4, -0.2) is 14.6 Å². The second-order valence-corrected chi connectivity index (χ2v) is 5.68. The van der Waals surface area contributed by atoms with Crippen LogP contribution in [0.15, 0.2) is 30.5 Å². The maximum absolute atomic E-state index is 4.42. The summed E-state index contributed by atoms with van der Waals surface area (Å²) in [6, 6.07) is 8.27. The lowest BCUT2D eigenvalue weighted by Crippen LogP contribution is -1.99. The van der Waals surface area contributed by atoms with E-state index in [1.165, 1.54) is 15.3 Å². The standard InChI is InChI=1S/C13H14N4S/c1-9-3-6-12-15-13(16-17(12)8-9)14-7-11-5-4-10(2)18-11/h3-6,8H,7H2,1-2H3,(H,14,16). The van der Waals surface area contributed by atoms with Crippen LogP contribution in [-0.2, 0) is 6.54 Å². The van der Waals surface area contributed by atoms with Gasteiger partial charge in [-0.25, -0.2) is 4.52 Å². The molecule has 0 spiro atoms. The highest BCUT2D eigenvalue weighted by Crippen LogP contribution is 2.16. The molecule has 0 bridgehead atoms. The van der Waals surface area contributed by atoms with E-state index in [4.69, 9.17) is 0 Å². The number of anilines is 1. The van der Waals surface area contributed by atoms with Crippen LogP contribution < -0.4 is 5.32 Å². The van der Waals surface area contributed by atoms with Gasteiger partial charge in [0.05, 0.1) is 6.54 Å². The maximum atomic E-state index is 4.42. The van der Waals surface area contributed by atoms with Gasteiger partial charge in [-0.1, -0.05) is 6.07 Å². The zero-order chi connectivity index (χ0) is 12.5. The first-order valence-electron chi connectivity index (χ1n) is 5.83. The second kappa shape index (κ2) is 4.42. The monoisotopic (exact) mass is 258 g/mol. The fourth-order valence-corrected chi connectivity index (χ4v) is 2.64. The first-order chi connectivity index (χ1) is 8.70. The average molecular weight is 258 g/mol. The highest BCUT2D eigenvalue weighted by Gasteiger charge is 2.03. The highest BCUT2D eigenvalue weighted by atomic mass is 32.1. The van der Waals surface area contributed by atoms with Gasteiger partial charge in [0.1, 0.15) is 0 Å². The Morgan fingerprint density at radius 2 is 2.11 bits per heavy atom. The number of nitrogens with one attached hydrogen (secondary N) is 1. The minimum Gasteiger partial charge on any atom is -0.348 e. The summed E-state index contributed by atoms with van der Waals surface area (Å²) in [5, 5.41) is 7.65. The molecule has 3 heterocycles. The van der Waals surface area contributed by atoms with Crippen molar-refractivity contribution < 1.29 is 0 Å². The van der Waals surface area contributed by atoms with Crippen LogP contribution >= 0.6 is 11.3 Å². The van der Waals surface area contributed by atoms with Crippen LogP contribution in [0, 0.1) is 13.8 Å². The molecule has 4 nitrogen and oxygen atoms in total. The first kappa shape index (κ1) is 11.2. The van der Waals surface area contributed by atoms with E-state index in [1.807, 2.05) is 25.3 Å². The van der Waals surface area contributed by atoms with Gasteiger partial charge >= 0.3 is 0 Å². The Bertz CT molecular complexity index is 683. The van der Waals surface area contributed by atoms with Crippen molar-refractivity contribution in [1.82, 2.24) is 14.6 Å². The van der Waals surface area contributed by atoms with Crippen molar-refractivity contribution in [3.63, 3.8) is 0 Å². The van der Waals surface area contributed by atoms with Crippen LogP contribution in [0.25, 0.3) is 5.65 Å². The van der Waals surface area contributed by atoms with Gasteiger partial charge in [0.25, 0.3) is 0 Å². The molecule has 0 aliphatic heterocycles. The molecule has 92 valence electrons. The molecule has 0 atom stereocenters. The van der Waals surface area contributed by atoms with Gasteiger partial charge in [-0.05, 0) is 37.6 Å². The lowest BCUT2D eigenvalue weighted by Gasteiger charge is -1.97. The van der Waals surface area contributed by atoms with Crippen molar-refractivity contribution in [3.05, 3.63) is 45.8 Å². The van der Waals surface area contributed by atoms with Gasteiger partial charge in [0.15, 0.2) is 5.65 Å². The summed E-state index contributed by atoms with van der Waals surface area (Å²) in [4.78, 5) is 7.04. The van der Waals surface area contributed by atoms with Gasteiger partial charge in [-0.3, -0.25) is 0 Å². The predicted octanol–water partition coefficient (Wildman–Crippen LogP) is 3.02. The van der Waals surface area contributed by atoms with Crippen molar-refractivity contribution in [2.45, 2.75) is 20.4 Å². The number of rotatable bonds is 3. The van der Waals surface area contributed by atoms with Gasteiger partial charge in [-0.2, -0.15) is 4.98 Å². The Balaban J connectivity index is 1.78. The summed E-state index contributed by atoms with van der Waals surface area (Å²) in [5.74, 6) is 0.673. The summed E-state index contributed by atoms with van der Waals surface area (Å²) < 4.78 is 1.80. The largest absolute Gasteiger partial charge is 0.348 e. The summed E-state index contributed by atoms with van der Waals surface area (Å²) >= 11 is 1.79. The topological polar surface area (TPSA) is 42.2 Å². The summed E-state index contributed by atoms with van der Waals surface area (Å²) in [7, 11) is 0. The van der Waals surface area contributed by atoms with Crippen molar-refractivity contribution >= 4 is 22.9 Å².